The van der Waals surface area contributed by atoms with Crippen LogP contribution in [0.3, 0.4) is 0 Å². The van der Waals surface area contributed by atoms with E-state index in [-0.39, 0.29) is 5.91 Å². The molecule has 0 aliphatic heterocycles. The lowest BCUT2D eigenvalue weighted by atomic mass is 10.1. The molecular formula is C22H17BrN2O3. The Morgan fingerprint density at radius 2 is 1.75 bits per heavy atom. The number of hydrazone groups is 1. The zero-order valence-corrected chi connectivity index (χ0v) is 16.6. The van der Waals surface area contributed by atoms with Crippen LogP contribution in [0.1, 0.15) is 31.8 Å². The van der Waals surface area contributed by atoms with Gasteiger partial charge in [-0.1, -0.05) is 29.8 Å². The third-order valence-electron chi connectivity index (χ3n) is 3.84. The Balaban J connectivity index is 1.58. The van der Waals surface area contributed by atoms with Crippen LogP contribution in [0.2, 0.25) is 0 Å². The van der Waals surface area contributed by atoms with Crippen molar-refractivity contribution < 1.29 is 14.3 Å². The van der Waals surface area contributed by atoms with Gasteiger partial charge in [0.15, 0.2) is 0 Å². The van der Waals surface area contributed by atoms with Crippen molar-refractivity contribution in [2.45, 2.75) is 6.92 Å². The summed E-state index contributed by atoms with van der Waals surface area (Å²) in [6.45, 7) is 1.92. The van der Waals surface area contributed by atoms with Crippen LogP contribution < -0.4 is 10.2 Å². The lowest BCUT2D eigenvalue weighted by Gasteiger charge is -2.05. The monoisotopic (exact) mass is 436 g/mol. The highest BCUT2D eigenvalue weighted by Gasteiger charge is 2.09. The molecule has 1 amide bonds. The van der Waals surface area contributed by atoms with Gasteiger partial charge in [-0.05, 0) is 76.9 Å². The smallest absolute Gasteiger partial charge is 0.343 e. The topological polar surface area (TPSA) is 67.8 Å². The Kier molecular flexibility index (Phi) is 6.34. The van der Waals surface area contributed by atoms with Gasteiger partial charge in [-0.3, -0.25) is 4.79 Å². The SMILES string of the molecule is Cc1cccc(C(=O)Oc2ccc(C=NNC(=O)c3ccccc3Br)cc2)c1. The largest absolute Gasteiger partial charge is 0.423 e. The van der Waals surface area contributed by atoms with E-state index in [4.69, 9.17) is 4.74 Å². The second-order valence-corrected chi connectivity index (χ2v) is 6.86. The highest BCUT2D eigenvalue weighted by Crippen LogP contribution is 2.16. The summed E-state index contributed by atoms with van der Waals surface area (Å²) in [6, 6.07) is 21.1. The summed E-state index contributed by atoms with van der Waals surface area (Å²) in [4.78, 5) is 24.2. The van der Waals surface area contributed by atoms with Gasteiger partial charge in [0.05, 0.1) is 17.3 Å². The number of hydrogen-bond acceptors (Lipinski definition) is 4. The van der Waals surface area contributed by atoms with E-state index in [2.05, 4.69) is 26.5 Å². The van der Waals surface area contributed by atoms with Gasteiger partial charge >= 0.3 is 5.97 Å². The van der Waals surface area contributed by atoms with E-state index in [9.17, 15) is 9.59 Å². The summed E-state index contributed by atoms with van der Waals surface area (Å²) in [5.41, 5.74) is 5.22. The molecule has 0 bridgehead atoms. The van der Waals surface area contributed by atoms with Crippen LogP contribution in [0.4, 0.5) is 0 Å². The number of carbonyl (C=O) groups is 2. The first-order chi connectivity index (χ1) is 13.5. The number of carbonyl (C=O) groups excluding carboxylic acids is 2. The molecule has 0 fully saturated rings. The summed E-state index contributed by atoms with van der Waals surface area (Å²) in [5, 5.41) is 3.95. The molecule has 0 spiro atoms. The van der Waals surface area contributed by atoms with Gasteiger partial charge in [0.2, 0.25) is 0 Å². The molecule has 0 unspecified atom stereocenters. The van der Waals surface area contributed by atoms with Crippen LogP contribution in [0.15, 0.2) is 82.4 Å². The molecule has 0 aliphatic rings. The van der Waals surface area contributed by atoms with Gasteiger partial charge in [-0.15, -0.1) is 0 Å². The van der Waals surface area contributed by atoms with Crippen LogP contribution in [-0.2, 0) is 0 Å². The van der Waals surface area contributed by atoms with Crippen molar-refractivity contribution in [2.75, 3.05) is 0 Å². The highest BCUT2D eigenvalue weighted by atomic mass is 79.9. The zero-order chi connectivity index (χ0) is 19.9. The van der Waals surface area contributed by atoms with Gasteiger partial charge in [0.25, 0.3) is 5.91 Å². The minimum Gasteiger partial charge on any atom is -0.423 e. The molecule has 3 rings (SSSR count). The summed E-state index contributed by atoms with van der Waals surface area (Å²) < 4.78 is 6.06. The van der Waals surface area contributed by atoms with Crippen molar-refractivity contribution in [1.29, 1.82) is 0 Å². The van der Waals surface area contributed by atoms with E-state index in [0.29, 0.717) is 21.3 Å². The minimum absolute atomic E-state index is 0.313. The molecule has 140 valence electrons. The maximum absolute atomic E-state index is 12.2. The molecule has 0 atom stereocenters. The number of nitrogens with one attached hydrogen (secondary N) is 1. The van der Waals surface area contributed by atoms with Crippen LogP contribution in [0.25, 0.3) is 0 Å². The third kappa shape index (κ3) is 5.14. The standard InChI is InChI=1S/C22H17BrN2O3/c1-15-5-4-6-17(13-15)22(27)28-18-11-9-16(10-12-18)14-24-25-21(26)19-7-2-3-8-20(19)23/h2-14H,1H3,(H,25,26). The second kappa shape index (κ2) is 9.10. The van der Waals surface area contributed by atoms with Crippen LogP contribution in [-0.4, -0.2) is 18.1 Å². The fourth-order valence-electron chi connectivity index (χ4n) is 2.43. The summed E-state index contributed by atoms with van der Waals surface area (Å²) in [5.74, 6) is -0.292. The quantitative estimate of drug-likeness (QED) is 0.271. The number of amides is 1. The molecule has 0 saturated heterocycles. The van der Waals surface area contributed by atoms with E-state index in [0.717, 1.165) is 11.1 Å². The molecule has 0 heterocycles. The fourth-order valence-corrected chi connectivity index (χ4v) is 2.90. The van der Waals surface area contributed by atoms with Gasteiger partial charge in [-0.25, -0.2) is 10.2 Å². The molecule has 6 heteroatoms. The molecule has 3 aromatic carbocycles. The second-order valence-electron chi connectivity index (χ2n) is 6.01. The highest BCUT2D eigenvalue weighted by molar-refractivity contribution is 9.10. The number of halogens is 1. The van der Waals surface area contributed by atoms with E-state index in [1.54, 1.807) is 54.6 Å². The van der Waals surface area contributed by atoms with Crippen molar-refractivity contribution >= 4 is 34.0 Å². The van der Waals surface area contributed by atoms with Crippen LogP contribution in [0, 0.1) is 6.92 Å². The van der Waals surface area contributed by atoms with Gasteiger partial charge in [0, 0.05) is 4.47 Å². The van der Waals surface area contributed by atoms with Crippen molar-refractivity contribution in [3.8, 4) is 5.75 Å². The molecule has 3 aromatic rings. The molecule has 28 heavy (non-hydrogen) atoms. The van der Waals surface area contributed by atoms with E-state index in [1.165, 1.54) is 6.21 Å². The lowest BCUT2D eigenvalue weighted by molar-refractivity contribution is 0.0734. The van der Waals surface area contributed by atoms with Gasteiger partial charge in [-0.2, -0.15) is 5.10 Å². The molecule has 0 aliphatic carbocycles. The maximum atomic E-state index is 12.2. The predicted molar refractivity (Wildman–Crippen MR) is 112 cm³/mol. The number of esters is 1. The summed E-state index contributed by atoms with van der Waals surface area (Å²) >= 11 is 3.33. The van der Waals surface area contributed by atoms with E-state index in [1.807, 2.05) is 25.1 Å². The summed E-state index contributed by atoms with van der Waals surface area (Å²) in [6.07, 6.45) is 1.51. The average molecular weight is 437 g/mol. The van der Waals surface area contributed by atoms with Crippen molar-refractivity contribution in [3.05, 3.63) is 99.5 Å². The first-order valence-electron chi connectivity index (χ1n) is 8.50. The Morgan fingerprint density at radius 1 is 1.00 bits per heavy atom. The summed E-state index contributed by atoms with van der Waals surface area (Å²) in [7, 11) is 0. The number of aryl methyl sites for hydroxylation is 1. The Hall–Kier alpha value is -3.25. The zero-order valence-electron chi connectivity index (χ0n) is 15.1. The molecule has 0 aromatic heterocycles. The fraction of sp³-hybridized carbons (Fsp3) is 0.0455. The van der Waals surface area contributed by atoms with E-state index >= 15 is 0 Å². The number of nitrogens with zero attached hydrogens (tertiary/aromatic N) is 1. The molecule has 0 saturated carbocycles. The van der Waals surface area contributed by atoms with Gasteiger partial charge < -0.3 is 4.74 Å². The Morgan fingerprint density at radius 3 is 2.46 bits per heavy atom. The minimum atomic E-state index is -0.411. The number of ether oxygens (including phenoxy) is 1. The first-order valence-corrected chi connectivity index (χ1v) is 9.29. The van der Waals surface area contributed by atoms with Crippen molar-refractivity contribution in [2.24, 2.45) is 5.10 Å². The molecule has 5 nitrogen and oxygen atoms in total. The van der Waals surface area contributed by atoms with Crippen LogP contribution >= 0.6 is 15.9 Å². The average Bonchev–Trinajstić information content (AvgIpc) is 2.69. The third-order valence-corrected chi connectivity index (χ3v) is 4.53. The van der Waals surface area contributed by atoms with E-state index < -0.39 is 5.97 Å². The number of benzene rings is 3. The Labute approximate surface area is 171 Å². The van der Waals surface area contributed by atoms with Crippen LogP contribution in [0.5, 0.6) is 5.75 Å². The molecule has 0 radical (unpaired) electrons. The molecule has 1 N–H and O–H groups in total. The van der Waals surface area contributed by atoms with Crippen molar-refractivity contribution in [3.63, 3.8) is 0 Å². The van der Waals surface area contributed by atoms with Gasteiger partial charge in [0.1, 0.15) is 5.75 Å². The molecular weight excluding hydrogens is 420 g/mol. The maximum Gasteiger partial charge on any atom is 0.343 e. The number of rotatable bonds is 5. The lowest BCUT2D eigenvalue weighted by Crippen LogP contribution is -2.18. The number of hydrogen-bond donors (Lipinski definition) is 1. The normalized spacial score (nSPS) is 10.6. The first kappa shape index (κ1) is 19.5. The Bertz CT molecular complexity index is 1030. The van der Waals surface area contributed by atoms with Crippen molar-refractivity contribution in [1.82, 2.24) is 5.43 Å². The predicted octanol–water partition coefficient (Wildman–Crippen LogP) is 4.74.